The number of para-hydroxylation sites is 1. The Balaban J connectivity index is 2.05. The van der Waals surface area contributed by atoms with Gasteiger partial charge in [-0.15, -0.1) is 0 Å². The van der Waals surface area contributed by atoms with Crippen molar-refractivity contribution >= 4 is 17.5 Å². The maximum atomic E-state index is 12.5. The summed E-state index contributed by atoms with van der Waals surface area (Å²) in [5, 5.41) is 0. The van der Waals surface area contributed by atoms with Crippen molar-refractivity contribution in [1.82, 2.24) is 0 Å². The first-order valence-corrected chi connectivity index (χ1v) is 6.27. The Kier molecular flexibility index (Phi) is 2.88. The highest BCUT2D eigenvalue weighted by atomic mass is 16.2. The molecule has 0 aliphatic carbocycles. The number of carbonyl (C=O) groups is 2. The molecule has 1 aliphatic heterocycles. The van der Waals surface area contributed by atoms with E-state index in [1.54, 1.807) is 24.3 Å². The van der Waals surface area contributed by atoms with Gasteiger partial charge in [0.15, 0.2) is 0 Å². The summed E-state index contributed by atoms with van der Waals surface area (Å²) >= 11 is 0. The number of aryl methyl sites for hydroxylation is 1. The van der Waals surface area contributed by atoms with Crippen LogP contribution in [0.25, 0.3) is 0 Å². The molecule has 0 aromatic heterocycles. The van der Waals surface area contributed by atoms with Crippen molar-refractivity contribution in [3.63, 3.8) is 0 Å². The van der Waals surface area contributed by atoms with Gasteiger partial charge in [-0.25, -0.2) is 4.90 Å². The Morgan fingerprint density at radius 3 is 2.37 bits per heavy atom. The molecule has 0 saturated carbocycles. The molecule has 94 valence electrons. The molecule has 3 rings (SSSR count). The number of carbonyl (C=O) groups excluding carboxylic acids is 2. The third kappa shape index (κ3) is 2.03. The summed E-state index contributed by atoms with van der Waals surface area (Å²) in [6.45, 7) is 0. The molecule has 0 N–H and O–H groups in total. The van der Waals surface area contributed by atoms with E-state index in [1.165, 1.54) is 4.90 Å². The first-order chi connectivity index (χ1) is 9.27. The highest BCUT2D eigenvalue weighted by Crippen LogP contribution is 2.28. The van der Waals surface area contributed by atoms with Gasteiger partial charge in [-0.1, -0.05) is 36.4 Å². The third-order valence-corrected chi connectivity index (χ3v) is 3.31. The van der Waals surface area contributed by atoms with Crippen LogP contribution in [-0.4, -0.2) is 11.8 Å². The van der Waals surface area contributed by atoms with Gasteiger partial charge in [-0.3, -0.25) is 9.59 Å². The molecule has 19 heavy (non-hydrogen) atoms. The Morgan fingerprint density at radius 1 is 0.895 bits per heavy atom. The van der Waals surface area contributed by atoms with Gasteiger partial charge in [0.25, 0.3) is 5.91 Å². The molecular weight excluding hydrogens is 238 g/mol. The van der Waals surface area contributed by atoms with Crippen LogP contribution in [0.3, 0.4) is 0 Å². The topological polar surface area (TPSA) is 37.4 Å². The molecule has 3 heteroatoms. The molecule has 3 nitrogen and oxygen atoms in total. The summed E-state index contributed by atoms with van der Waals surface area (Å²) in [4.78, 5) is 25.9. The summed E-state index contributed by atoms with van der Waals surface area (Å²) in [5.74, 6) is -0.384. The van der Waals surface area contributed by atoms with Crippen LogP contribution in [-0.2, 0) is 11.2 Å². The number of imide groups is 1. The van der Waals surface area contributed by atoms with Crippen LogP contribution >= 0.6 is 0 Å². The first-order valence-electron chi connectivity index (χ1n) is 6.27. The predicted octanol–water partition coefficient (Wildman–Crippen LogP) is 2.81. The second kappa shape index (κ2) is 4.69. The van der Waals surface area contributed by atoms with Crippen LogP contribution in [0, 0.1) is 0 Å². The highest BCUT2D eigenvalue weighted by molar-refractivity contribution is 6.22. The Labute approximate surface area is 111 Å². The standard InChI is InChI=1S/C16H13NO2/c18-15-11-10-12-6-4-5-9-14(12)17(15)16(19)13-7-2-1-3-8-13/h1-9H,10-11H2. The van der Waals surface area contributed by atoms with E-state index < -0.39 is 0 Å². The molecule has 0 saturated heterocycles. The van der Waals surface area contributed by atoms with Gasteiger partial charge in [0.2, 0.25) is 5.91 Å². The fraction of sp³-hybridized carbons (Fsp3) is 0.125. The zero-order valence-electron chi connectivity index (χ0n) is 10.4. The van der Waals surface area contributed by atoms with E-state index in [-0.39, 0.29) is 11.8 Å². The molecule has 1 heterocycles. The molecule has 2 aromatic rings. The minimum absolute atomic E-state index is 0.132. The number of benzene rings is 2. The number of nitrogens with zero attached hydrogens (tertiary/aromatic N) is 1. The van der Waals surface area contributed by atoms with Crippen molar-refractivity contribution in [1.29, 1.82) is 0 Å². The lowest BCUT2D eigenvalue weighted by Crippen LogP contribution is -2.40. The van der Waals surface area contributed by atoms with E-state index >= 15 is 0 Å². The largest absolute Gasteiger partial charge is 0.274 e. The number of hydrogen-bond acceptors (Lipinski definition) is 2. The smallest absolute Gasteiger partial charge is 0.265 e. The van der Waals surface area contributed by atoms with Gasteiger partial charge in [-0.2, -0.15) is 0 Å². The number of amides is 2. The molecular formula is C16H13NO2. The van der Waals surface area contributed by atoms with E-state index in [0.29, 0.717) is 24.1 Å². The van der Waals surface area contributed by atoms with Gasteiger partial charge in [0, 0.05) is 12.0 Å². The van der Waals surface area contributed by atoms with Gasteiger partial charge in [0.05, 0.1) is 5.69 Å². The normalized spacial score (nSPS) is 14.1. The van der Waals surface area contributed by atoms with Crippen LogP contribution in [0.4, 0.5) is 5.69 Å². The minimum Gasteiger partial charge on any atom is -0.274 e. The number of anilines is 1. The maximum Gasteiger partial charge on any atom is 0.265 e. The van der Waals surface area contributed by atoms with E-state index in [0.717, 1.165) is 5.56 Å². The monoisotopic (exact) mass is 251 g/mol. The predicted molar refractivity (Wildman–Crippen MR) is 73.0 cm³/mol. The molecule has 1 aliphatic rings. The maximum absolute atomic E-state index is 12.5. The number of fused-ring (bicyclic) bond motifs is 1. The SMILES string of the molecule is O=C1CCc2ccccc2N1C(=O)c1ccccc1. The molecule has 0 atom stereocenters. The molecule has 0 spiro atoms. The fourth-order valence-electron chi connectivity index (χ4n) is 2.36. The van der Waals surface area contributed by atoms with Crippen LogP contribution in [0.5, 0.6) is 0 Å². The average molecular weight is 251 g/mol. The van der Waals surface area contributed by atoms with E-state index in [4.69, 9.17) is 0 Å². The Hall–Kier alpha value is -2.42. The zero-order valence-corrected chi connectivity index (χ0v) is 10.4. The summed E-state index contributed by atoms with van der Waals surface area (Å²) in [6, 6.07) is 16.5. The zero-order chi connectivity index (χ0) is 13.2. The van der Waals surface area contributed by atoms with Gasteiger partial charge < -0.3 is 0 Å². The summed E-state index contributed by atoms with van der Waals surface area (Å²) < 4.78 is 0. The minimum atomic E-state index is -0.252. The molecule has 0 unspecified atom stereocenters. The van der Waals surface area contributed by atoms with Crippen LogP contribution in [0.1, 0.15) is 22.3 Å². The first kappa shape index (κ1) is 11.7. The molecule has 2 amide bonds. The molecule has 0 radical (unpaired) electrons. The average Bonchev–Trinajstić information content (AvgIpc) is 2.47. The van der Waals surface area contributed by atoms with Crippen LogP contribution < -0.4 is 4.90 Å². The Morgan fingerprint density at radius 2 is 1.58 bits per heavy atom. The van der Waals surface area contributed by atoms with Gasteiger partial charge in [0.1, 0.15) is 0 Å². The summed E-state index contributed by atoms with van der Waals surface area (Å²) in [5.41, 5.74) is 2.30. The summed E-state index contributed by atoms with van der Waals surface area (Å²) in [7, 11) is 0. The van der Waals surface area contributed by atoms with Gasteiger partial charge in [-0.05, 0) is 30.2 Å². The van der Waals surface area contributed by atoms with Crippen LogP contribution in [0.2, 0.25) is 0 Å². The number of hydrogen-bond donors (Lipinski definition) is 0. The van der Waals surface area contributed by atoms with Crippen molar-refractivity contribution in [2.75, 3.05) is 4.90 Å². The van der Waals surface area contributed by atoms with E-state index in [9.17, 15) is 9.59 Å². The second-order valence-electron chi connectivity index (χ2n) is 4.53. The lowest BCUT2D eigenvalue weighted by molar-refractivity contribution is -0.118. The highest BCUT2D eigenvalue weighted by Gasteiger charge is 2.29. The van der Waals surface area contributed by atoms with Crippen molar-refractivity contribution in [2.24, 2.45) is 0 Å². The van der Waals surface area contributed by atoms with Crippen molar-refractivity contribution in [3.05, 3.63) is 65.7 Å². The van der Waals surface area contributed by atoms with E-state index in [1.807, 2.05) is 30.3 Å². The van der Waals surface area contributed by atoms with Crippen molar-refractivity contribution in [3.8, 4) is 0 Å². The molecule has 0 bridgehead atoms. The summed E-state index contributed by atoms with van der Waals surface area (Å²) in [6.07, 6.45) is 1.09. The Bertz CT molecular complexity index is 634. The second-order valence-corrected chi connectivity index (χ2v) is 4.53. The van der Waals surface area contributed by atoms with Crippen molar-refractivity contribution in [2.45, 2.75) is 12.8 Å². The number of rotatable bonds is 1. The fourth-order valence-corrected chi connectivity index (χ4v) is 2.36. The van der Waals surface area contributed by atoms with Crippen LogP contribution in [0.15, 0.2) is 54.6 Å². The van der Waals surface area contributed by atoms with E-state index in [2.05, 4.69) is 0 Å². The van der Waals surface area contributed by atoms with Crippen molar-refractivity contribution < 1.29 is 9.59 Å². The lowest BCUT2D eigenvalue weighted by Gasteiger charge is -2.27. The molecule has 2 aromatic carbocycles. The third-order valence-electron chi connectivity index (χ3n) is 3.31. The molecule has 0 fully saturated rings. The quantitative estimate of drug-likeness (QED) is 0.731. The lowest BCUT2D eigenvalue weighted by atomic mass is 10.0. The van der Waals surface area contributed by atoms with Gasteiger partial charge >= 0.3 is 0 Å².